The molecule has 0 aliphatic carbocycles. The zero-order valence-corrected chi connectivity index (χ0v) is 14.3. The second-order valence-electron chi connectivity index (χ2n) is 5.00. The largest absolute Gasteiger partial charge is 0.337 e. The molecule has 0 saturated heterocycles. The van der Waals surface area contributed by atoms with Gasteiger partial charge in [-0.25, -0.2) is 9.78 Å². The standard InChI is InChI=1S/C17H15ClN4OS/c18-13-2-1-3-14(10-13)21-17(23)20-9-6-16-22-15(11-24-16)12-4-7-19-8-5-12/h1-5,7-8,10-11H,6,9H2,(H2,20,21,23). The van der Waals surface area contributed by atoms with E-state index in [4.69, 9.17) is 11.6 Å². The number of urea groups is 1. The number of anilines is 1. The highest BCUT2D eigenvalue weighted by Crippen LogP contribution is 2.21. The molecule has 2 amide bonds. The molecular weight excluding hydrogens is 344 g/mol. The predicted molar refractivity (Wildman–Crippen MR) is 97.5 cm³/mol. The van der Waals surface area contributed by atoms with E-state index in [0.717, 1.165) is 16.3 Å². The van der Waals surface area contributed by atoms with E-state index in [9.17, 15) is 4.79 Å². The van der Waals surface area contributed by atoms with Gasteiger partial charge in [0.25, 0.3) is 0 Å². The number of hydrogen-bond acceptors (Lipinski definition) is 4. The van der Waals surface area contributed by atoms with E-state index in [2.05, 4.69) is 20.6 Å². The van der Waals surface area contributed by atoms with Crippen molar-refractivity contribution in [3.63, 3.8) is 0 Å². The monoisotopic (exact) mass is 358 g/mol. The zero-order valence-electron chi connectivity index (χ0n) is 12.7. The highest BCUT2D eigenvalue weighted by atomic mass is 35.5. The first-order valence-corrected chi connectivity index (χ1v) is 8.62. The van der Waals surface area contributed by atoms with E-state index in [1.165, 1.54) is 0 Å². The molecule has 0 aliphatic heterocycles. The van der Waals surface area contributed by atoms with E-state index in [1.807, 2.05) is 17.5 Å². The van der Waals surface area contributed by atoms with Gasteiger partial charge in [-0.3, -0.25) is 4.98 Å². The maximum absolute atomic E-state index is 11.9. The summed E-state index contributed by atoms with van der Waals surface area (Å²) in [5, 5.41) is 9.12. The summed E-state index contributed by atoms with van der Waals surface area (Å²) in [6, 6.07) is 10.6. The summed E-state index contributed by atoms with van der Waals surface area (Å²) in [6.07, 6.45) is 4.17. The van der Waals surface area contributed by atoms with Gasteiger partial charge in [0.15, 0.2) is 0 Å². The van der Waals surface area contributed by atoms with Crippen molar-refractivity contribution in [3.05, 3.63) is 64.2 Å². The summed E-state index contributed by atoms with van der Waals surface area (Å²) >= 11 is 7.46. The van der Waals surface area contributed by atoms with Crippen molar-refractivity contribution >= 4 is 34.7 Å². The Balaban J connectivity index is 1.48. The quantitative estimate of drug-likeness (QED) is 0.717. The lowest BCUT2D eigenvalue weighted by atomic mass is 10.2. The topological polar surface area (TPSA) is 66.9 Å². The SMILES string of the molecule is O=C(NCCc1nc(-c2ccncc2)cs1)Nc1cccc(Cl)c1. The number of aromatic nitrogens is 2. The van der Waals surface area contributed by atoms with Crippen LogP contribution < -0.4 is 10.6 Å². The molecule has 2 heterocycles. The van der Waals surface area contributed by atoms with E-state index in [0.29, 0.717) is 23.7 Å². The van der Waals surface area contributed by atoms with Crippen LogP contribution >= 0.6 is 22.9 Å². The normalized spacial score (nSPS) is 10.4. The zero-order chi connectivity index (χ0) is 16.8. The van der Waals surface area contributed by atoms with Crippen molar-refractivity contribution in [2.45, 2.75) is 6.42 Å². The molecule has 2 N–H and O–H groups in total. The number of rotatable bonds is 5. The minimum atomic E-state index is -0.261. The van der Waals surface area contributed by atoms with Crippen LogP contribution in [-0.2, 0) is 6.42 Å². The Morgan fingerprint density at radius 2 is 2.04 bits per heavy atom. The third-order valence-corrected chi connectivity index (χ3v) is 4.38. The smallest absolute Gasteiger partial charge is 0.319 e. The van der Waals surface area contributed by atoms with E-state index in [-0.39, 0.29) is 6.03 Å². The van der Waals surface area contributed by atoms with Crippen LogP contribution in [0.5, 0.6) is 0 Å². The highest BCUT2D eigenvalue weighted by molar-refractivity contribution is 7.09. The first-order chi connectivity index (χ1) is 11.7. The second kappa shape index (κ2) is 7.90. The van der Waals surface area contributed by atoms with Crippen LogP contribution in [0.4, 0.5) is 10.5 Å². The number of benzene rings is 1. The average molecular weight is 359 g/mol. The Hall–Kier alpha value is -2.44. The summed E-state index contributed by atoms with van der Waals surface area (Å²) in [5.41, 5.74) is 2.63. The lowest BCUT2D eigenvalue weighted by Gasteiger charge is -2.07. The van der Waals surface area contributed by atoms with Gasteiger partial charge in [0, 0.05) is 47.0 Å². The molecule has 0 spiro atoms. The van der Waals surface area contributed by atoms with Gasteiger partial charge in [0.2, 0.25) is 0 Å². The summed E-state index contributed by atoms with van der Waals surface area (Å²) in [4.78, 5) is 20.4. The molecule has 0 unspecified atom stereocenters. The van der Waals surface area contributed by atoms with Crippen molar-refractivity contribution in [2.24, 2.45) is 0 Å². The molecule has 2 aromatic heterocycles. The van der Waals surface area contributed by atoms with Crippen molar-refractivity contribution in [1.82, 2.24) is 15.3 Å². The van der Waals surface area contributed by atoms with Crippen LogP contribution in [0.3, 0.4) is 0 Å². The third-order valence-electron chi connectivity index (χ3n) is 3.23. The second-order valence-corrected chi connectivity index (χ2v) is 6.38. The molecule has 0 fully saturated rings. The number of thiazole rings is 1. The number of hydrogen-bond donors (Lipinski definition) is 2. The molecule has 0 aliphatic rings. The first kappa shape index (κ1) is 16.4. The number of nitrogens with one attached hydrogen (secondary N) is 2. The average Bonchev–Trinajstić information content (AvgIpc) is 3.04. The molecular formula is C17H15ClN4OS. The molecule has 0 radical (unpaired) electrons. The number of halogens is 1. The van der Waals surface area contributed by atoms with E-state index < -0.39 is 0 Å². The van der Waals surface area contributed by atoms with E-state index in [1.54, 1.807) is 48.0 Å². The lowest BCUT2D eigenvalue weighted by Crippen LogP contribution is -2.30. The summed E-state index contributed by atoms with van der Waals surface area (Å²) < 4.78 is 0. The van der Waals surface area contributed by atoms with Gasteiger partial charge in [-0.1, -0.05) is 17.7 Å². The lowest BCUT2D eigenvalue weighted by molar-refractivity contribution is 0.252. The number of nitrogens with zero attached hydrogens (tertiary/aromatic N) is 2. The van der Waals surface area contributed by atoms with Crippen LogP contribution in [0.15, 0.2) is 54.2 Å². The minimum absolute atomic E-state index is 0.261. The van der Waals surface area contributed by atoms with Gasteiger partial charge < -0.3 is 10.6 Å². The van der Waals surface area contributed by atoms with Crippen molar-refractivity contribution in [2.75, 3.05) is 11.9 Å². The van der Waals surface area contributed by atoms with Gasteiger partial charge in [-0.05, 0) is 30.3 Å². The van der Waals surface area contributed by atoms with Gasteiger partial charge in [-0.2, -0.15) is 0 Å². The fourth-order valence-electron chi connectivity index (χ4n) is 2.11. The number of carbonyl (C=O) groups excluding carboxylic acids is 1. The maximum Gasteiger partial charge on any atom is 0.319 e. The molecule has 7 heteroatoms. The Bertz CT molecular complexity index is 822. The van der Waals surface area contributed by atoms with Crippen molar-refractivity contribution in [1.29, 1.82) is 0 Å². The molecule has 0 atom stereocenters. The fraction of sp³-hybridized carbons (Fsp3) is 0.118. The summed E-state index contributed by atoms with van der Waals surface area (Å²) in [6.45, 7) is 0.510. The molecule has 5 nitrogen and oxygen atoms in total. The minimum Gasteiger partial charge on any atom is -0.337 e. The predicted octanol–water partition coefficient (Wildman–Crippen LogP) is 4.22. The van der Waals surface area contributed by atoms with Gasteiger partial charge in [-0.15, -0.1) is 11.3 Å². The van der Waals surface area contributed by atoms with Crippen LogP contribution in [0.25, 0.3) is 11.3 Å². The van der Waals surface area contributed by atoms with Crippen LogP contribution in [0, 0.1) is 0 Å². The van der Waals surface area contributed by atoms with Gasteiger partial charge in [0.05, 0.1) is 10.7 Å². The Morgan fingerprint density at radius 1 is 1.21 bits per heavy atom. The first-order valence-electron chi connectivity index (χ1n) is 7.36. The van der Waals surface area contributed by atoms with E-state index >= 15 is 0 Å². The summed E-state index contributed by atoms with van der Waals surface area (Å²) in [5.74, 6) is 0. The molecule has 0 bridgehead atoms. The molecule has 3 rings (SSSR count). The molecule has 0 saturated carbocycles. The Morgan fingerprint density at radius 3 is 2.83 bits per heavy atom. The Labute approximate surface area is 148 Å². The number of amides is 2. The van der Waals surface area contributed by atoms with Crippen LogP contribution in [0.1, 0.15) is 5.01 Å². The number of carbonyl (C=O) groups is 1. The van der Waals surface area contributed by atoms with Crippen molar-refractivity contribution < 1.29 is 4.79 Å². The maximum atomic E-state index is 11.9. The van der Waals surface area contributed by atoms with Crippen molar-refractivity contribution in [3.8, 4) is 11.3 Å². The highest BCUT2D eigenvalue weighted by Gasteiger charge is 2.06. The molecule has 1 aromatic carbocycles. The summed E-state index contributed by atoms with van der Waals surface area (Å²) in [7, 11) is 0. The fourth-order valence-corrected chi connectivity index (χ4v) is 3.10. The van der Waals surface area contributed by atoms with Crippen LogP contribution in [0.2, 0.25) is 5.02 Å². The third kappa shape index (κ3) is 4.53. The number of pyridine rings is 1. The molecule has 24 heavy (non-hydrogen) atoms. The molecule has 122 valence electrons. The van der Waals surface area contributed by atoms with Gasteiger partial charge in [0.1, 0.15) is 0 Å². The van der Waals surface area contributed by atoms with Crippen LogP contribution in [-0.4, -0.2) is 22.5 Å². The van der Waals surface area contributed by atoms with Gasteiger partial charge >= 0.3 is 6.03 Å². The molecule has 3 aromatic rings. The Kier molecular flexibility index (Phi) is 5.40.